The van der Waals surface area contributed by atoms with Gasteiger partial charge >= 0.3 is 6.01 Å². The zero-order valence-electron chi connectivity index (χ0n) is 16.3. The van der Waals surface area contributed by atoms with E-state index in [9.17, 15) is 13.2 Å². The lowest BCUT2D eigenvalue weighted by atomic mass is 10.1. The van der Waals surface area contributed by atoms with Crippen molar-refractivity contribution >= 4 is 21.8 Å². The molecule has 29 heavy (non-hydrogen) atoms. The highest BCUT2D eigenvalue weighted by Crippen LogP contribution is 2.24. The summed E-state index contributed by atoms with van der Waals surface area (Å²) in [6.45, 7) is 3.91. The van der Waals surface area contributed by atoms with Gasteiger partial charge in [-0.05, 0) is 49.7 Å². The first-order valence-electron chi connectivity index (χ1n) is 8.86. The van der Waals surface area contributed by atoms with Gasteiger partial charge in [0.15, 0.2) is 9.84 Å². The van der Waals surface area contributed by atoms with Crippen molar-refractivity contribution in [3.8, 4) is 17.2 Å². The number of amides is 1. The van der Waals surface area contributed by atoms with E-state index in [0.717, 1.165) is 16.7 Å². The zero-order chi connectivity index (χ0) is 21.0. The molecule has 2 aromatic carbocycles. The van der Waals surface area contributed by atoms with Crippen molar-refractivity contribution in [2.24, 2.45) is 0 Å². The quantitative estimate of drug-likeness (QED) is 0.631. The minimum atomic E-state index is -3.60. The van der Waals surface area contributed by atoms with E-state index in [1.54, 1.807) is 12.1 Å². The van der Waals surface area contributed by atoms with Crippen LogP contribution >= 0.6 is 0 Å². The van der Waals surface area contributed by atoms with Gasteiger partial charge in [0.25, 0.3) is 0 Å². The van der Waals surface area contributed by atoms with Crippen LogP contribution in [-0.4, -0.2) is 37.4 Å². The molecule has 0 aliphatic heterocycles. The number of nitrogens with one attached hydrogen (secondary N) is 1. The number of methoxy groups -OCH3 is 1. The Morgan fingerprint density at radius 1 is 1.10 bits per heavy atom. The van der Waals surface area contributed by atoms with Crippen molar-refractivity contribution in [1.82, 2.24) is 10.2 Å². The number of hydrogen-bond acceptors (Lipinski definition) is 7. The second-order valence-electron chi connectivity index (χ2n) is 6.52. The van der Waals surface area contributed by atoms with E-state index in [1.165, 1.54) is 19.2 Å². The summed E-state index contributed by atoms with van der Waals surface area (Å²) in [4.78, 5) is 12.3. The molecule has 0 atom stereocenters. The summed E-state index contributed by atoms with van der Waals surface area (Å²) in [5, 5.41) is 10.2. The van der Waals surface area contributed by atoms with Crippen LogP contribution in [0.25, 0.3) is 11.5 Å². The summed E-state index contributed by atoms with van der Waals surface area (Å²) >= 11 is 0. The SMILES string of the molecule is COc1ccc(S(=O)(=O)CCC(=O)Nc2nnc(-c3ccc(C)cc3C)o2)cc1. The molecule has 8 nitrogen and oxygen atoms in total. The van der Waals surface area contributed by atoms with E-state index in [1.807, 2.05) is 32.0 Å². The number of hydrogen-bond donors (Lipinski definition) is 1. The van der Waals surface area contributed by atoms with Crippen molar-refractivity contribution in [2.75, 3.05) is 18.2 Å². The number of ether oxygens (including phenoxy) is 1. The monoisotopic (exact) mass is 415 g/mol. The highest BCUT2D eigenvalue weighted by Gasteiger charge is 2.18. The average molecular weight is 415 g/mol. The summed E-state index contributed by atoms with van der Waals surface area (Å²) in [6, 6.07) is 11.7. The number of carbonyl (C=O) groups is 1. The van der Waals surface area contributed by atoms with E-state index in [-0.39, 0.29) is 29.0 Å². The van der Waals surface area contributed by atoms with Gasteiger partial charge in [-0.15, -0.1) is 5.10 Å². The minimum absolute atomic E-state index is 0.0770. The molecule has 0 aliphatic carbocycles. The van der Waals surface area contributed by atoms with Crippen LogP contribution in [0.2, 0.25) is 0 Å². The third kappa shape index (κ3) is 5.00. The maximum atomic E-state index is 12.4. The Labute approximate surface area is 168 Å². The molecular weight excluding hydrogens is 394 g/mol. The van der Waals surface area contributed by atoms with Gasteiger partial charge in [-0.3, -0.25) is 10.1 Å². The van der Waals surface area contributed by atoms with Crippen LogP contribution in [0.3, 0.4) is 0 Å². The first kappa shape index (κ1) is 20.5. The van der Waals surface area contributed by atoms with E-state index >= 15 is 0 Å². The average Bonchev–Trinajstić information content (AvgIpc) is 3.14. The summed E-state index contributed by atoms with van der Waals surface area (Å²) in [7, 11) is -2.11. The molecule has 0 bridgehead atoms. The molecule has 9 heteroatoms. The number of sulfone groups is 1. The zero-order valence-corrected chi connectivity index (χ0v) is 17.1. The third-order valence-electron chi connectivity index (χ3n) is 4.30. The number of anilines is 1. The van der Waals surface area contributed by atoms with Crippen molar-refractivity contribution in [3.05, 3.63) is 53.6 Å². The van der Waals surface area contributed by atoms with Crippen LogP contribution in [0.15, 0.2) is 51.8 Å². The van der Waals surface area contributed by atoms with Gasteiger partial charge in [0.05, 0.1) is 17.8 Å². The van der Waals surface area contributed by atoms with Crippen LogP contribution < -0.4 is 10.1 Å². The largest absolute Gasteiger partial charge is 0.497 e. The van der Waals surface area contributed by atoms with Crippen LogP contribution in [0.4, 0.5) is 6.01 Å². The molecule has 0 spiro atoms. The van der Waals surface area contributed by atoms with Crippen LogP contribution in [0.5, 0.6) is 5.75 Å². The van der Waals surface area contributed by atoms with Gasteiger partial charge < -0.3 is 9.15 Å². The number of nitrogens with zero attached hydrogens (tertiary/aromatic N) is 2. The molecule has 152 valence electrons. The van der Waals surface area contributed by atoms with E-state index in [2.05, 4.69) is 15.5 Å². The number of rotatable bonds is 7. The molecule has 3 rings (SSSR count). The highest BCUT2D eigenvalue weighted by atomic mass is 32.2. The van der Waals surface area contributed by atoms with Gasteiger partial charge in [0.1, 0.15) is 5.75 Å². The maximum absolute atomic E-state index is 12.4. The van der Waals surface area contributed by atoms with Gasteiger partial charge in [-0.1, -0.05) is 22.8 Å². The Bertz CT molecular complexity index is 1120. The number of aryl methyl sites for hydroxylation is 2. The predicted octanol–water partition coefficient (Wildman–Crippen LogP) is 3.16. The van der Waals surface area contributed by atoms with E-state index < -0.39 is 15.7 Å². The van der Waals surface area contributed by atoms with Gasteiger partial charge in [0.2, 0.25) is 11.8 Å². The molecule has 0 aliphatic rings. The number of benzene rings is 2. The van der Waals surface area contributed by atoms with Crippen molar-refractivity contribution < 1.29 is 22.4 Å². The van der Waals surface area contributed by atoms with E-state index in [0.29, 0.717) is 5.75 Å². The fourth-order valence-corrected chi connectivity index (χ4v) is 3.99. The Balaban J connectivity index is 1.61. The van der Waals surface area contributed by atoms with E-state index in [4.69, 9.17) is 9.15 Å². The molecule has 1 N–H and O–H groups in total. The smallest absolute Gasteiger partial charge is 0.322 e. The fourth-order valence-electron chi connectivity index (χ4n) is 2.75. The molecule has 0 unspecified atom stereocenters. The third-order valence-corrected chi connectivity index (χ3v) is 6.03. The van der Waals surface area contributed by atoms with Gasteiger partial charge in [-0.25, -0.2) is 8.42 Å². The second-order valence-corrected chi connectivity index (χ2v) is 8.63. The van der Waals surface area contributed by atoms with Crippen molar-refractivity contribution in [2.45, 2.75) is 25.2 Å². The molecule has 1 amide bonds. The number of aromatic nitrogens is 2. The lowest BCUT2D eigenvalue weighted by molar-refractivity contribution is -0.115. The van der Waals surface area contributed by atoms with Crippen molar-refractivity contribution in [1.29, 1.82) is 0 Å². The van der Waals surface area contributed by atoms with Crippen LogP contribution in [-0.2, 0) is 14.6 Å². The standard InChI is InChI=1S/C20H21N3O5S/c1-13-4-9-17(14(2)12-13)19-22-23-20(28-19)21-18(24)10-11-29(25,26)16-7-5-15(27-3)6-8-16/h4-9,12H,10-11H2,1-3H3,(H,21,23,24). The lowest BCUT2D eigenvalue weighted by Crippen LogP contribution is -2.17. The first-order valence-corrected chi connectivity index (χ1v) is 10.5. The fraction of sp³-hybridized carbons (Fsp3) is 0.250. The Hall–Kier alpha value is -3.20. The molecular formula is C20H21N3O5S. The molecule has 1 heterocycles. The molecule has 0 fully saturated rings. The predicted molar refractivity (Wildman–Crippen MR) is 108 cm³/mol. The Morgan fingerprint density at radius 2 is 1.83 bits per heavy atom. The molecule has 3 aromatic rings. The van der Waals surface area contributed by atoms with Crippen LogP contribution in [0.1, 0.15) is 17.5 Å². The summed E-state index contributed by atoms with van der Waals surface area (Å²) < 4.78 is 35.2. The molecule has 0 saturated carbocycles. The molecule has 0 radical (unpaired) electrons. The molecule has 0 saturated heterocycles. The van der Waals surface area contributed by atoms with Crippen LogP contribution in [0, 0.1) is 13.8 Å². The van der Waals surface area contributed by atoms with Crippen molar-refractivity contribution in [3.63, 3.8) is 0 Å². The number of carbonyl (C=O) groups excluding carboxylic acids is 1. The normalized spacial score (nSPS) is 11.3. The summed E-state index contributed by atoms with van der Waals surface area (Å²) in [6.07, 6.45) is -0.240. The molecule has 1 aromatic heterocycles. The minimum Gasteiger partial charge on any atom is -0.497 e. The maximum Gasteiger partial charge on any atom is 0.322 e. The van der Waals surface area contributed by atoms with Gasteiger partial charge in [-0.2, -0.15) is 0 Å². The topological polar surface area (TPSA) is 111 Å². The Morgan fingerprint density at radius 3 is 2.48 bits per heavy atom. The first-order chi connectivity index (χ1) is 13.8. The summed E-state index contributed by atoms with van der Waals surface area (Å²) in [5.41, 5.74) is 2.85. The summed E-state index contributed by atoms with van der Waals surface area (Å²) in [5.74, 6) is -0.0391. The second kappa shape index (κ2) is 8.44. The van der Waals surface area contributed by atoms with Gasteiger partial charge in [0, 0.05) is 12.0 Å². The highest BCUT2D eigenvalue weighted by molar-refractivity contribution is 7.91. The lowest BCUT2D eigenvalue weighted by Gasteiger charge is -2.05. The Kier molecular flexibility index (Phi) is 5.97.